The van der Waals surface area contributed by atoms with Crippen molar-refractivity contribution in [2.24, 2.45) is 0 Å². The van der Waals surface area contributed by atoms with Gasteiger partial charge in [0.25, 0.3) is 0 Å². The molecule has 1 atom stereocenters. The van der Waals surface area contributed by atoms with Gasteiger partial charge in [0, 0.05) is 5.39 Å². The van der Waals surface area contributed by atoms with Gasteiger partial charge in [-0.2, -0.15) is 18.3 Å². The molecule has 0 spiro atoms. The predicted molar refractivity (Wildman–Crippen MR) is 58.5 cm³/mol. The van der Waals surface area contributed by atoms with E-state index in [1.165, 1.54) is 4.68 Å². The van der Waals surface area contributed by atoms with Gasteiger partial charge in [0.05, 0.1) is 18.3 Å². The summed E-state index contributed by atoms with van der Waals surface area (Å²) in [6, 6.07) is 7.16. The van der Waals surface area contributed by atoms with Crippen LogP contribution < -0.4 is 0 Å². The second-order valence-corrected chi connectivity index (χ2v) is 4.50. The lowest BCUT2D eigenvalue weighted by molar-refractivity contribution is -0.129. The number of hydrogen-bond acceptors (Lipinski definition) is 1. The van der Waals surface area contributed by atoms with Crippen LogP contribution in [0.25, 0.3) is 10.9 Å². The van der Waals surface area contributed by atoms with Crippen LogP contribution >= 0.6 is 15.9 Å². The zero-order chi connectivity index (χ0) is 11.8. The fourth-order valence-corrected chi connectivity index (χ4v) is 1.70. The van der Waals surface area contributed by atoms with Crippen LogP contribution in [0.2, 0.25) is 0 Å². The highest BCUT2D eigenvalue weighted by atomic mass is 79.9. The van der Waals surface area contributed by atoms with E-state index >= 15 is 0 Å². The summed E-state index contributed by atoms with van der Waals surface area (Å²) in [5, 5.41) is 4.77. The van der Waals surface area contributed by atoms with Crippen molar-refractivity contribution in [3.8, 4) is 0 Å². The van der Waals surface area contributed by atoms with Crippen molar-refractivity contribution in [3.63, 3.8) is 0 Å². The lowest BCUT2D eigenvalue weighted by atomic mass is 10.2. The number of benzene rings is 1. The Balaban J connectivity index is 2.28. The van der Waals surface area contributed by atoms with Crippen LogP contribution in [0.15, 0.2) is 30.5 Å². The number of alkyl halides is 4. The van der Waals surface area contributed by atoms with Gasteiger partial charge in [-0.3, -0.25) is 4.68 Å². The van der Waals surface area contributed by atoms with Crippen LogP contribution in [0.1, 0.15) is 0 Å². The van der Waals surface area contributed by atoms with Gasteiger partial charge in [0.2, 0.25) is 0 Å². The first kappa shape index (κ1) is 11.4. The topological polar surface area (TPSA) is 17.8 Å². The van der Waals surface area contributed by atoms with Crippen LogP contribution in [-0.2, 0) is 6.54 Å². The summed E-state index contributed by atoms with van der Waals surface area (Å²) in [5.74, 6) is 0. The van der Waals surface area contributed by atoms with Gasteiger partial charge in [0.15, 0.2) is 0 Å². The third kappa shape index (κ3) is 2.21. The van der Waals surface area contributed by atoms with E-state index in [1.807, 2.05) is 12.1 Å². The van der Waals surface area contributed by atoms with E-state index in [1.54, 1.807) is 18.3 Å². The summed E-state index contributed by atoms with van der Waals surface area (Å²) in [4.78, 5) is -1.58. The average Bonchev–Trinajstić information content (AvgIpc) is 2.61. The average molecular weight is 293 g/mol. The minimum atomic E-state index is -4.26. The maximum atomic E-state index is 12.4. The summed E-state index contributed by atoms with van der Waals surface area (Å²) in [7, 11) is 0. The van der Waals surface area contributed by atoms with Crippen molar-refractivity contribution < 1.29 is 13.2 Å². The Bertz CT molecular complexity index is 492. The minimum Gasteiger partial charge on any atom is -0.263 e. The third-order valence-electron chi connectivity index (χ3n) is 2.24. The Morgan fingerprint density at radius 1 is 1.31 bits per heavy atom. The first-order chi connectivity index (χ1) is 7.48. The number of hydrogen-bond donors (Lipinski definition) is 0. The molecule has 0 saturated heterocycles. The number of aromatic nitrogens is 2. The number of rotatable bonds is 2. The zero-order valence-electron chi connectivity index (χ0n) is 8.08. The van der Waals surface area contributed by atoms with Crippen LogP contribution in [0, 0.1) is 0 Å². The van der Waals surface area contributed by atoms with E-state index in [-0.39, 0.29) is 6.54 Å². The Kier molecular flexibility index (Phi) is 2.92. The van der Waals surface area contributed by atoms with E-state index in [0.717, 1.165) is 5.39 Å². The van der Waals surface area contributed by atoms with Crippen LogP contribution in [0.3, 0.4) is 0 Å². The van der Waals surface area contributed by atoms with Crippen molar-refractivity contribution in [2.45, 2.75) is 17.5 Å². The molecule has 1 aromatic carbocycles. The molecule has 1 heterocycles. The molecule has 0 bridgehead atoms. The Hall–Kier alpha value is -1.04. The van der Waals surface area contributed by atoms with Crippen molar-refractivity contribution >= 4 is 26.8 Å². The van der Waals surface area contributed by atoms with Crippen molar-refractivity contribution in [3.05, 3.63) is 30.5 Å². The normalized spacial score (nSPS) is 14.2. The Labute approximate surface area is 98.2 Å². The second kappa shape index (κ2) is 4.08. The molecule has 0 aliphatic rings. The maximum absolute atomic E-state index is 12.4. The van der Waals surface area contributed by atoms with Crippen molar-refractivity contribution in [1.82, 2.24) is 9.78 Å². The molecule has 1 aromatic heterocycles. The number of nitrogens with zero attached hydrogens (tertiary/aromatic N) is 2. The number of fused-ring (bicyclic) bond motifs is 1. The van der Waals surface area contributed by atoms with Gasteiger partial charge < -0.3 is 0 Å². The van der Waals surface area contributed by atoms with Gasteiger partial charge in [-0.05, 0) is 6.07 Å². The molecule has 0 N–H and O–H groups in total. The van der Waals surface area contributed by atoms with Crippen LogP contribution in [-0.4, -0.2) is 20.8 Å². The molecular weight excluding hydrogens is 285 g/mol. The quantitative estimate of drug-likeness (QED) is 0.776. The number of halogens is 4. The molecule has 0 radical (unpaired) electrons. The second-order valence-electron chi connectivity index (χ2n) is 3.39. The summed E-state index contributed by atoms with van der Waals surface area (Å²) >= 11 is 2.62. The largest absolute Gasteiger partial charge is 0.403 e. The standard InChI is InChI=1S/C10H8BrF3N2/c11-9(10(12,13)14)6-16-8-4-2-1-3-7(8)5-15-16/h1-5,9H,6H2. The van der Waals surface area contributed by atoms with Crippen LogP contribution in [0.5, 0.6) is 0 Å². The molecule has 2 rings (SSSR count). The molecule has 0 amide bonds. The zero-order valence-corrected chi connectivity index (χ0v) is 9.66. The van der Waals surface area contributed by atoms with Gasteiger partial charge in [-0.15, -0.1) is 0 Å². The first-order valence-electron chi connectivity index (χ1n) is 4.60. The van der Waals surface area contributed by atoms with E-state index in [4.69, 9.17) is 0 Å². The summed E-state index contributed by atoms with van der Waals surface area (Å²) in [6.45, 7) is -0.225. The van der Waals surface area contributed by atoms with Gasteiger partial charge >= 0.3 is 6.18 Å². The molecule has 1 unspecified atom stereocenters. The molecule has 6 heteroatoms. The van der Waals surface area contributed by atoms with Crippen LogP contribution in [0.4, 0.5) is 13.2 Å². The Morgan fingerprint density at radius 3 is 2.69 bits per heavy atom. The first-order valence-corrected chi connectivity index (χ1v) is 5.51. The van der Waals surface area contributed by atoms with Gasteiger partial charge in [0.1, 0.15) is 4.83 Å². The lowest BCUT2D eigenvalue weighted by Crippen LogP contribution is -2.27. The smallest absolute Gasteiger partial charge is 0.263 e. The molecule has 16 heavy (non-hydrogen) atoms. The van der Waals surface area contributed by atoms with Gasteiger partial charge in [-0.25, -0.2) is 0 Å². The van der Waals surface area contributed by atoms with E-state index in [2.05, 4.69) is 21.0 Å². The molecule has 2 aromatic rings. The summed E-state index contributed by atoms with van der Waals surface area (Å²) in [6.07, 6.45) is -2.70. The van der Waals surface area contributed by atoms with E-state index in [0.29, 0.717) is 5.52 Å². The fraction of sp³-hybridized carbons (Fsp3) is 0.300. The fourth-order valence-electron chi connectivity index (χ4n) is 1.43. The third-order valence-corrected chi connectivity index (χ3v) is 3.05. The highest BCUT2D eigenvalue weighted by molar-refractivity contribution is 9.09. The predicted octanol–water partition coefficient (Wildman–Crippen LogP) is 3.36. The minimum absolute atomic E-state index is 0.225. The Morgan fingerprint density at radius 2 is 2.00 bits per heavy atom. The molecule has 0 aliphatic heterocycles. The number of para-hydroxylation sites is 1. The highest BCUT2D eigenvalue weighted by Gasteiger charge is 2.38. The molecular formula is C10H8BrF3N2. The SMILES string of the molecule is FC(F)(F)C(Br)Cn1ncc2ccccc21. The van der Waals surface area contributed by atoms with E-state index < -0.39 is 11.0 Å². The van der Waals surface area contributed by atoms with Gasteiger partial charge in [-0.1, -0.05) is 34.1 Å². The molecule has 86 valence electrons. The summed E-state index contributed by atoms with van der Waals surface area (Å²) in [5.41, 5.74) is 0.705. The molecule has 0 fully saturated rings. The maximum Gasteiger partial charge on any atom is 0.403 e. The van der Waals surface area contributed by atoms with Crippen molar-refractivity contribution in [2.75, 3.05) is 0 Å². The van der Waals surface area contributed by atoms with E-state index in [9.17, 15) is 13.2 Å². The molecule has 2 nitrogen and oxygen atoms in total. The lowest BCUT2D eigenvalue weighted by Gasteiger charge is -2.14. The highest BCUT2D eigenvalue weighted by Crippen LogP contribution is 2.28. The molecule has 0 aliphatic carbocycles. The molecule has 0 saturated carbocycles. The summed E-state index contributed by atoms with van der Waals surface area (Å²) < 4.78 is 38.4. The van der Waals surface area contributed by atoms with Crippen molar-refractivity contribution in [1.29, 1.82) is 0 Å². The monoisotopic (exact) mass is 292 g/mol.